The number of carbonyl (C=O) groups excluding carboxylic acids is 3. The van der Waals surface area contributed by atoms with E-state index in [9.17, 15) is 14.4 Å². The van der Waals surface area contributed by atoms with Gasteiger partial charge in [-0.3, -0.25) is 14.4 Å². The van der Waals surface area contributed by atoms with Gasteiger partial charge in [0.05, 0.1) is 11.3 Å². The maximum absolute atomic E-state index is 11.9. The van der Waals surface area contributed by atoms with Gasteiger partial charge in [-0.05, 0) is 34.5 Å². The van der Waals surface area contributed by atoms with Crippen LogP contribution in [0.15, 0.2) is 22.7 Å². The number of rotatable bonds is 5. The molecular formula is C14H14BrNO3. The largest absolute Gasteiger partial charge is 0.305 e. The number of Topliss-reactive ketones (excluding diaryl/α,β-unsaturated/α-hetero) is 2. The van der Waals surface area contributed by atoms with Crippen molar-refractivity contribution in [1.82, 2.24) is 0 Å². The Morgan fingerprint density at radius 3 is 2.74 bits per heavy atom. The maximum Gasteiger partial charge on any atom is 0.299 e. The average Bonchev–Trinajstić information content (AvgIpc) is 2.64. The number of fused-ring (bicyclic) bond motifs is 1. The molecule has 100 valence electrons. The Hall–Kier alpha value is -1.49. The number of hydrogen-bond donors (Lipinski definition) is 0. The lowest BCUT2D eigenvalue weighted by Crippen LogP contribution is -2.30. The van der Waals surface area contributed by atoms with Crippen LogP contribution in [0.1, 0.15) is 36.5 Å². The SMILES string of the molecule is CCC(=O)CCCN1C(=O)C(=O)c2c(Br)cccc21. The molecule has 0 aliphatic carbocycles. The first-order valence-electron chi connectivity index (χ1n) is 6.22. The molecule has 1 heterocycles. The molecule has 1 aromatic carbocycles. The molecule has 0 fully saturated rings. The molecule has 2 rings (SSSR count). The summed E-state index contributed by atoms with van der Waals surface area (Å²) >= 11 is 3.29. The Morgan fingerprint density at radius 1 is 1.32 bits per heavy atom. The van der Waals surface area contributed by atoms with Crippen LogP contribution in [0, 0.1) is 0 Å². The fourth-order valence-corrected chi connectivity index (χ4v) is 2.67. The summed E-state index contributed by atoms with van der Waals surface area (Å²) in [5.74, 6) is -0.817. The van der Waals surface area contributed by atoms with E-state index in [-0.39, 0.29) is 5.78 Å². The highest BCUT2D eigenvalue weighted by atomic mass is 79.9. The maximum atomic E-state index is 11.9. The fraction of sp³-hybridized carbons (Fsp3) is 0.357. The van der Waals surface area contributed by atoms with Crippen LogP contribution in [0.5, 0.6) is 0 Å². The first-order chi connectivity index (χ1) is 9.06. The third-order valence-electron chi connectivity index (χ3n) is 3.18. The van der Waals surface area contributed by atoms with Gasteiger partial charge in [0.25, 0.3) is 11.7 Å². The zero-order chi connectivity index (χ0) is 14.0. The molecule has 0 aromatic heterocycles. The second-order valence-corrected chi connectivity index (χ2v) is 5.27. The van der Waals surface area contributed by atoms with Gasteiger partial charge in [0.15, 0.2) is 0 Å². The van der Waals surface area contributed by atoms with Crippen molar-refractivity contribution in [2.45, 2.75) is 26.2 Å². The van der Waals surface area contributed by atoms with Gasteiger partial charge in [-0.1, -0.05) is 13.0 Å². The predicted octanol–water partition coefficient (Wildman–Crippen LogP) is 2.74. The summed E-state index contributed by atoms with van der Waals surface area (Å²) in [7, 11) is 0. The molecule has 0 saturated carbocycles. The number of nitrogens with zero attached hydrogens (tertiary/aromatic N) is 1. The number of benzene rings is 1. The van der Waals surface area contributed by atoms with E-state index in [4.69, 9.17) is 0 Å². The monoisotopic (exact) mass is 323 g/mol. The Labute approximate surface area is 119 Å². The quantitative estimate of drug-likeness (QED) is 0.783. The van der Waals surface area contributed by atoms with Crippen molar-refractivity contribution >= 4 is 39.1 Å². The molecular weight excluding hydrogens is 310 g/mol. The Bertz CT molecular complexity index is 554. The first-order valence-corrected chi connectivity index (χ1v) is 7.02. The Balaban J connectivity index is 2.15. The lowest BCUT2D eigenvalue weighted by Gasteiger charge is -2.16. The van der Waals surface area contributed by atoms with E-state index >= 15 is 0 Å². The normalized spacial score (nSPS) is 13.9. The average molecular weight is 324 g/mol. The van der Waals surface area contributed by atoms with Gasteiger partial charge in [0, 0.05) is 23.9 Å². The smallest absolute Gasteiger partial charge is 0.299 e. The molecule has 1 aliphatic heterocycles. The van der Waals surface area contributed by atoms with E-state index < -0.39 is 11.7 Å². The second-order valence-electron chi connectivity index (χ2n) is 4.42. The molecule has 1 amide bonds. The van der Waals surface area contributed by atoms with Crippen molar-refractivity contribution in [3.63, 3.8) is 0 Å². The topological polar surface area (TPSA) is 54.5 Å². The van der Waals surface area contributed by atoms with Crippen LogP contribution < -0.4 is 4.90 Å². The summed E-state index contributed by atoms with van der Waals surface area (Å²) in [4.78, 5) is 36.5. The molecule has 1 aromatic rings. The number of hydrogen-bond acceptors (Lipinski definition) is 3. The van der Waals surface area contributed by atoms with Gasteiger partial charge in [-0.25, -0.2) is 0 Å². The van der Waals surface area contributed by atoms with E-state index in [0.29, 0.717) is 41.5 Å². The standard InChI is InChI=1S/C14H14BrNO3/c1-2-9(17)5-4-8-16-11-7-3-6-10(15)12(11)13(18)14(16)19/h3,6-7H,2,4-5,8H2,1H3. The van der Waals surface area contributed by atoms with Crippen LogP contribution in [-0.2, 0) is 9.59 Å². The molecule has 4 nitrogen and oxygen atoms in total. The highest BCUT2D eigenvalue weighted by Crippen LogP contribution is 2.34. The highest BCUT2D eigenvalue weighted by molar-refractivity contribution is 9.10. The predicted molar refractivity (Wildman–Crippen MR) is 75.4 cm³/mol. The first kappa shape index (κ1) is 13.9. The molecule has 0 spiro atoms. The van der Waals surface area contributed by atoms with E-state index in [2.05, 4.69) is 15.9 Å². The van der Waals surface area contributed by atoms with Crippen LogP contribution in [0.2, 0.25) is 0 Å². The number of amides is 1. The van der Waals surface area contributed by atoms with Gasteiger partial charge in [0.2, 0.25) is 0 Å². The van der Waals surface area contributed by atoms with Crippen molar-refractivity contribution < 1.29 is 14.4 Å². The summed E-state index contributed by atoms with van der Waals surface area (Å²) in [6.07, 6.45) is 1.53. The zero-order valence-corrected chi connectivity index (χ0v) is 12.2. The molecule has 5 heteroatoms. The van der Waals surface area contributed by atoms with Crippen LogP contribution in [0.25, 0.3) is 0 Å². The van der Waals surface area contributed by atoms with E-state index in [1.165, 1.54) is 4.90 Å². The minimum absolute atomic E-state index is 0.174. The number of anilines is 1. The minimum Gasteiger partial charge on any atom is -0.305 e. The summed E-state index contributed by atoms with van der Waals surface area (Å²) in [6, 6.07) is 5.29. The molecule has 1 aliphatic rings. The number of carbonyl (C=O) groups is 3. The Kier molecular flexibility index (Phi) is 4.14. The summed E-state index contributed by atoms with van der Waals surface area (Å²) < 4.78 is 0.635. The van der Waals surface area contributed by atoms with Crippen molar-refractivity contribution in [2.24, 2.45) is 0 Å². The Morgan fingerprint density at radius 2 is 2.05 bits per heavy atom. The number of ketones is 2. The van der Waals surface area contributed by atoms with E-state index in [1.54, 1.807) is 18.2 Å². The lowest BCUT2D eigenvalue weighted by atomic mass is 10.1. The van der Waals surface area contributed by atoms with Crippen molar-refractivity contribution in [3.8, 4) is 0 Å². The number of halogens is 1. The molecule has 0 N–H and O–H groups in total. The summed E-state index contributed by atoms with van der Waals surface area (Å²) in [6.45, 7) is 2.22. The molecule has 0 unspecified atom stereocenters. The second kappa shape index (κ2) is 5.65. The summed E-state index contributed by atoms with van der Waals surface area (Å²) in [5.41, 5.74) is 1.06. The lowest BCUT2D eigenvalue weighted by molar-refractivity contribution is -0.119. The van der Waals surface area contributed by atoms with Gasteiger partial charge in [-0.15, -0.1) is 0 Å². The van der Waals surface area contributed by atoms with Crippen LogP contribution >= 0.6 is 15.9 Å². The fourth-order valence-electron chi connectivity index (χ4n) is 2.13. The van der Waals surface area contributed by atoms with Gasteiger partial charge in [0.1, 0.15) is 5.78 Å². The minimum atomic E-state index is -0.508. The van der Waals surface area contributed by atoms with Crippen molar-refractivity contribution in [2.75, 3.05) is 11.4 Å². The van der Waals surface area contributed by atoms with E-state index in [0.717, 1.165) is 0 Å². The van der Waals surface area contributed by atoms with Crippen LogP contribution in [-0.4, -0.2) is 24.0 Å². The molecule has 0 radical (unpaired) electrons. The summed E-state index contributed by atoms with van der Waals surface area (Å²) in [5, 5.41) is 0. The van der Waals surface area contributed by atoms with Crippen LogP contribution in [0.4, 0.5) is 5.69 Å². The molecule has 19 heavy (non-hydrogen) atoms. The van der Waals surface area contributed by atoms with Gasteiger partial charge in [-0.2, -0.15) is 0 Å². The molecule has 0 saturated heterocycles. The van der Waals surface area contributed by atoms with Gasteiger partial charge < -0.3 is 4.90 Å². The van der Waals surface area contributed by atoms with Crippen molar-refractivity contribution in [3.05, 3.63) is 28.2 Å². The van der Waals surface area contributed by atoms with Gasteiger partial charge >= 0.3 is 0 Å². The highest BCUT2D eigenvalue weighted by Gasteiger charge is 2.36. The van der Waals surface area contributed by atoms with Crippen LogP contribution in [0.3, 0.4) is 0 Å². The molecule has 0 atom stereocenters. The zero-order valence-electron chi connectivity index (χ0n) is 10.6. The van der Waals surface area contributed by atoms with Crippen molar-refractivity contribution in [1.29, 1.82) is 0 Å². The third kappa shape index (κ3) is 2.61. The third-order valence-corrected chi connectivity index (χ3v) is 3.84. The van der Waals surface area contributed by atoms with E-state index in [1.807, 2.05) is 6.92 Å². The molecule has 0 bridgehead atoms.